The topological polar surface area (TPSA) is 80.0 Å². The number of morpholine rings is 1. The van der Waals surface area contributed by atoms with Gasteiger partial charge in [0.25, 0.3) is 0 Å². The van der Waals surface area contributed by atoms with E-state index in [2.05, 4.69) is 17.2 Å². The zero-order valence-electron chi connectivity index (χ0n) is 12.3. The highest BCUT2D eigenvalue weighted by atomic mass is 16.5. The van der Waals surface area contributed by atoms with Crippen LogP contribution in [-0.4, -0.2) is 49.6 Å². The summed E-state index contributed by atoms with van der Waals surface area (Å²) in [5.74, 6) is 0.232. The van der Waals surface area contributed by atoms with Crippen molar-refractivity contribution < 1.29 is 9.53 Å². The third-order valence-electron chi connectivity index (χ3n) is 3.34. The number of carbonyl (C=O) groups is 1. The van der Waals surface area contributed by atoms with Gasteiger partial charge in [0.1, 0.15) is 6.54 Å². The molecular formula is C15H22N4O2. The number of hydrogen-bond donors (Lipinski definition) is 2. The van der Waals surface area contributed by atoms with Crippen molar-refractivity contribution in [1.29, 1.82) is 0 Å². The normalized spacial score (nSPS) is 15.9. The molecule has 0 aromatic heterocycles. The molecule has 1 aromatic rings. The van der Waals surface area contributed by atoms with Crippen molar-refractivity contribution >= 4 is 17.6 Å². The molecule has 114 valence electrons. The molecule has 1 aliphatic rings. The highest BCUT2D eigenvalue weighted by Crippen LogP contribution is 2.10. The fraction of sp³-hybridized carbons (Fsp3) is 0.467. The molecule has 0 radical (unpaired) electrons. The quantitative estimate of drug-likeness (QED) is 0.636. The summed E-state index contributed by atoms with van der Waals surface area (Å²) in [5.41, 5.74) is 7.85. The van der Waals surface area contributed by atoms with Crippen LogP contribution < -0.4 is 11.1 Å². The van der Waals surface area contributed by atoms with Gasteiger partial charge in [-0.3, -0.25) is 4.79 Å². The summed E-state index contributed by atoms with van der Waals surface area (Å²) in [5, 5.41) is 2.83. The van der Waals surface area contributed by atoms with Crippen molar-refractivity contribution in [3.05, 3.63) is 29.8 Å². The number of aryl methyl sites for hydroxylation is 1. The first-order chi connectivity index (χ1) is 10.2. The summed E-state index contributed by atoms with van der Waals surface area (Å²) in [4.78, 5) is 17.9. The number of guanidine groups is 1. The summed E-state index contributed by atoms with van der Waals surface area (Å²) < 4.78 is 5.24. The third-order valence-corrected chi connectivity index (χ3v) is 3.34. The number of ether oxygens (including phenoxy) is 1. The van der Waals surface area contributed by atoms with Crippen LogP contribution in [0.1, 0.15) is 12.5 Å². The number of nitrogens with two attached hydrogens (primary N) is 1. The summed E-state index contributed by atoms with van der Waals surface area (Å²) in [7, 11) is 0. The van der Waals surface area contributed by atoms with Crippen LogP contribution in [0.3, 0.4) is 0 Å². The van der Waals surface area contributed by atoms with Gasteiger partial charge < -0.3 is 20.7 Å². The number of benzene rings is 1. The second-order valence-electron chi connectivity index (χ2n) is 4.88. The zero-order valence-corrected chi connectivity index (χ0v) is 12.3. The Hall–Kier alpha value is -2.08. The van der Waals surface area contributed by atoms with Crippen molar-refractivity contribution in [3.63, 3.8) is 0 Å². The molecule has 3 N–H and O–H groups in total. The lowest BCUT2D eigenvalue weighted by Gasteiger charge is -2.27. The summed E-state index contributed by atoms with van der Waals surface area (Å²) >= 11 is 0. The Kier molecular flexibility index (Phi) is 5.57. The minimum atomic E-state index is -0.167. The van der Waals surface area contributed by atoms with E-state index in [0.29, 0.717) is 19.2 Å². The van der Waals surface area contributed by atoms with Crippen molar-refractivity contribution in [2.24, 2.45) is 10.7 Å². The maximum absolute atomic E-state index is 11.9. The number of hydrogen-bond acceptors (Lipinski definition) is 3. The van der Waals surface area contributed by atoms with E-state index < -0.39 is 0 Å². The maximum atomic E-state index is 11.9. The Bertz CT molecular complexity index is 510. The second kappa shape index (κ2) is 7.64. The minimum absolute atomic E-state index is 0.0273. The molecule has 1 heterocycles. The van der Waals surface area contributed by atoms with E-state index in [1.165, 1.54) is 5.56 Å². The molecular weight excluding hydrogens is 268 g/mol. The monoisotopic (exact) mass is 290 g/mol. The van der Waals surface area contributed by atoms with Gasteiger partial charge in [-0.1, -0.05) is 19.1 Å². The first-order valence-corrected chi connectivity index (χ1v) is 7.20. The van der Waals surface area contributed by atoms with Gasteiger partial charge in [-0.15, -0.1) is 0 Å². The van der Waals surface area contributed by atoms with E-state index in [0.717, 1.165) is 25.2 Å². The zero-order chi connectivity index (χ0) is 15.1. The number of nitrogens with one attached hydrogen (secondary N) is 1. The highest BCUT2D eigenvalue weighted by molar-refractivity contribution is 5.94. The predicted molar refractivity (Wildman–Crippen MR) is 83.3 cm³/mol. The molecule has 6 nitrogen and oxygen atoms in total. The molecule has 0 bridgehead atoms. The van der Waals surface area contributed by atoms with Crippen LogP contribution in [0.25, 0.3) is 0 Å². The number of amides is 1. The van der Waals surface area contributed by atoms with Gasteiger partial charge in [0.05, 0.1) is 13.2 Å². The summed E-state index contributed by atoms with van der Waals surface area (Å²) in [6.07, 6.45) is 0.936. The fourth-order valence-corrected chi connectivity index (χ4v) is 2.11. The molecule has 0 aliphatic carbocycles. The molecule has 0 unspecified atom stereocenters. The van der Waals surface area contributed by atoms with Crippen molar-refractivity contribution in [2.75, 3.05) is 38.2 Å². The Balaban J connectivity index is 1.86. The Morgan fingerprint density at radius 1 is 1.43 bits per heavy atom. The van der Waals surface area contributed by atoms with E-state index >= 15 is 0 Å². The number of nitrogens with zero attached hydrogens (tertiary/aromatic N) is 2. The fourth-order valence-electron chi connectivity index (χ4n) is 2.11. The van der Waals surface area contributed by atoms with Crippen LogP contribution >= 0.6 is 0 Å². The van der Waals surface area contributed by atoms with Crippen molar-refractivity contribution in [3.8, 4) is 0 Å². The number of anilines is 1. The van der Waals surface area contributed by atoms with Gasteiger partial charge in [-0.2, -0.15) is 0 Å². The van der Waals surface area contributed by atoms with Gasteiger partial charge in [0, 0.05) is 18.8 Å². The smallest absolute Gasteiger partial charge is 0.246 e. The first kappa shape index (κ1) is 15.3. The molecule has 21 heavy (non-hydrogen) atoms. The SMILES string of the molecule is CCc1cccc(NC(=O)CN=C(N)N2CCOCC2)c1. The van der Waals surface area contributed by atoms with E-state index in [1.807, 2.05) is 29.2 Å². The highest BCUT2D eigenvalue weighted by Gasteiger charge is 2.12. The molecule has 0 atom stereocenters. The van der Waals surface area contributed by atoms with Crippen molar-refractivity contribution in [1.82, 2.24) is 4.90 Å². The predicted octanol–water partition coefficient (Wildman–Crippen LogP) is 0.834. The molecule has 0 spiro atoms. The Labute approximate surface area is 125 Å². The van der Waals surface area contributed by atoms with Crippen LogP contribution in [-0.2, 0) is 16.0 Å². The lowest BCUT2D eigenvalue weighted by molar-refractivity contribution is -0.114. The molecule has 1 aromatic carbocycles. The molecule has 1 fully saturated rings. The van der Waals surface area contributed by atoms with Gasteiger partial charge in [0.2, 0.25) is 5.91 Å². The summed E-state index contributed by atoms with van der Waals surface area (Å²) in [6, 6.07) is 7.79. The Morgan fingerprint density at radius 3 is 2.90 bits per heavy atom. The number of rotatable bonds is 4. The average molecular weight is 290 g/mol. The standard InChI is InChI=1S/C15H22N4O2/c1-2-12-4-3-5-13(10-12)18-14(20)11-17-15(16)19-6-8-21-9-7-19/h3-5,10H,2,6-9,11H2,1H3,(H2,16,17)(H,18,20). The molecule has 1 amide bonds. The Morgan fingerprint density at radius 2 is 2.19 bits per heavy atom. The molecule has 6 heteroatoms. The largest absolute Gasteiger partial charge is 0.378 e. The lowest BCUT2D eigenvalue weighted by atomic mass is 10.1. The van der Waals surface area contributed by atoms with Crippen LogP contribution in [0.15, 0.2) is 29.3 Å². The van der Waals surface area contributed by atoms with Crippen LogP contribution in [0, 0.1) is 0 Å². The van der Waals surface area contributed by atoms with E-state index in [1.54, 1.807) is 0 Å². The van der Waals surface area contributed by atoms with Crippen LogP contribution in [0.4, 0.5) is 5.69 Å². The van der Waals surface area contributed by atoms with Gasteiger partial charge in [-0.05, 0) is 24.1 Å². The number of aliphatic imine (C=N–C) groups is 1. The van der Waals surface area contributed by atoms with E-state index in [-0.39, 0.29) is 12.5 Å². The molecule has 0 saturated carbocycles. The number of carbonyl (C=O) groups excluding carboxylic acids is 1. The maximum Gasteiger partial charge on any atom is 0.246 e. The summed E-state index contributed by atoms with van der Waals surface area (Å²) in [6.45, 7) is 4.83. The third kappa shape index (κ3) is 4.75. The van der Waals surface area contributed by atoms with Crippen molar-refractivity contribution in [2.45, 2.75) is 13.3 Å². The van der Waals surface area contributed by atoms with Gasteiger partial charge in [0.15, 0.2) is 5.96 Å². The second-order valence-corrected chi connectivity index (χ2v) is 4.88. The van der Waals surface area contributed by atoms with Crippen LogP contribution in [0.2, 0.25) is 0 Å². The minimum Gasteiger partial charge on any atom is -0.378 e. The average Bonchev–Trinajstić information content (AvgIpc) is 2.53. The molecule has 1 saturated heterocycles. The molecule has 2 rings (SSSR count). The van der Waals surface area contributed by atoms with E-state index in [9.17, 15) is 4.79 Å². The first-order valence-electron chi connectivity index (χ1n) is 7.20. The van der Waals surface area contributed by atoms with Gasteiger partial charge >= 0.3 is 0 Å². The van der Waals surface area contributed by atoms with E-state index in [4.69, 9.17) is 10.5 Å². The lowest BCUT2D eigenvalue weighted by Crippen LogP contribution is -2.45. The molecule has 1 aliphatic heterocycles. The van der Waals surface area contributed by atoms with Crippen LogP contribution in [0.5, 0.6) is 0 Å². The van der Waals surface area contributed by atoms with Gasteiger partial charge in [-0.25, -0.2) is 4.99 Å².